The minimum atomic E-state index is -0.795. The van der Waals surface area contributed by atoms with Crippen LogP contribution in [0.25, 0.3) is 6.08 Å². The number of hydrogen-bond acceptors (Lipinski definition) is 4. The van der Waals surface area contributed by atoms with Crippen LogP contribution < -0.4 is 0 Å². The third-order valence-electron chi connectivity index (χ3n) is 4.25. The maximum absolute atomic E-state index is 9.74. The summed E-state index contributed by atoms with van der Waals surface area (Å²) in [6, 6.07) is 7.10. The predicted octanol–water partition coefficient (Wildman–Crippen LogP) is 3.32. The Morgan fingerprint density at radius 2 is 2.08 bits per heavy atom. The Morgan fingerprint density at radius 1 is 1.38 bits per heavy atom. The van der Waals surface area contributed by atoms with E-state index < -0.39 is 7.12 Å². The second kappa shape index (κ2) is 8.88. The first-order chi connectivity index (χ1) is 11.5. The Morgan fingerprint density at radius 3 is 2.71 bits per heavy atom. The second-order valence-electron chi connectivity index (χ2n) is 6.02. The highest BCUT2D eigenvalue weighted by Gasteiger charge is 2.27. The Kier molecular flexibility index (Phi) is 6.85. The third-order valence-corrected chi connectivity index (χ3v) is 4.25. The largest absolute Gasteiger partial charge is 0.508 e. The topological polar surface area (TPSA) is 69.9 Å². The molecule has 2 rings (SSSR count). The Balaban J connectivity index is 2.05. The van der Waals surface area contributed by atoms with Crippen LogP contribution >= 0.6 is 0 Å². The summed E-state index contributed by atoms with van der Waals surface area (Å²) in [6.45, 7) is 5.88. The van der Waals surface area contributed by atoms with E-state index >= 15 is 0 Å². The average Bonchev–Trinajstić information content (AvgIpc) is 2.59. The van der Waals surface area contributed by atoms with Crippen molar-refractivity contribution in [2.24, 2.45) is 0 Å². The number of benzene rings is 1. The number of phenolic OH excluding ortho intramolecular Hbond substituents is 1. The zero-order valence-corrected chi connectivity index (χ0v) is 14.1. The highest BCUT2D eigenvalue weighted by molar-refractivity contribution is 6.43. The van der Waals surface area contributed by atoms with Gasteiger partial charge in [-0.25, -0.2) is 0 Å². The van der Waals surface area contributed by atoms with E-state index in [0.29, 0.717) is 11.9 Å². The molecule has 1 aromatic carbocycles. The SMILES string of the molecule is C=C(CO)C1=CCB(O)OC1CC/C(=C/c1ccc(O)cc1)CC. The third kappa shape index (κ3) is 5.10. The van der Waals surface area contributed by atoms with Gasteiger partial charge < -0.3 is 19.9 Å². The summed E-state index contributed by atoms with van der Waals surface area (Å²) in [6.07, 6.45) is 6.66. The zero-order chi connectivity index (χ0) is 17.5. The van der Waals surface area contributed by atoms with Crippen LogP contribution in [0.2, 0.25) is 6.32 Å². The van der Waals surface area contributed by atoms with Crippen LogP contribution in [0.3, 0.4) is 0 Å². The van der Waals surface area contributed by atoms with E-state index in [1.807, 2.05) is 18.2 Å². The second-order valence-corrected chi connectivity index (χ2v) is 6.02. The van der Waals surface area contributed by atoms with Gasteiger partial charge >= 0.3 is 7.12 Å². The van der Waals surface area contributed by atoms with E-state index in [1.165, 1.54) is 5.57 Å². The van der Waals surface area contributed by atoms with Gasteiger partial charge in [0.2, 0.25) is 0 Å². The molecular weight excluding hydrogens is 303 g/mol. The van der Waals surface area contributed by atoms with Crippen molar-refractivity contribution < 1.29 is 19.9 Å². The molecule has 0 fully saturated rings. The van der Waals surface area contributed by atoms with Gasteiger partial charge in [0.25, 0.3) is 0 Å². The molecule has 1 aliphatic rings. The van der Waals surface area contributed by atoms with Crippen molar-refractivity contribution in [1.82, 2.24) is 0 Å². The van der Waals surface area contributed by atoms with Gasteiger partial charge in [0.1, 0.15) is 5.75 Å². The number of rotatable bonds is 7. The predicted molar refractivity (Wildman–Crippen MR) is 97.6 cm³/mol. The summed E-state index contributed by atoms with van der Waals surface area (Å²) in [7, 11) is -0.795. The van der Waals surface area contributed by atoms with Crippen molar-refractivity contribution in [1.29, 1.82) is 0 Å². The average molecular weight is 328 g/mol. The molecule has 1 aromatic rings. The first-order valence-corrected chi connectivity index (χ1v) is 8.34. The molecule has 0 spiro atoms. The van der Waals surface area contributed by atoms with Crippen LogP contribution in [0.1, 0.15) is 31.7 Å². The number of hydrogen-bond donors (Lipinski definition) is 3. The fourth-order valence-electron chi connectivity index (χ4n) is 2.84. The molecule has 0 radical (unpaired) electrons. The monoisotopic (exact) mass is 328 g/mol. The number of allylic oxidation sites excluding steroid dienone is 2. The van der Waals surface area contributed by atoms with Crippen LogP contribution in [0, 0.1) is 0 Å². The van der Waals surface area contributed by atoms with Crippen molar-refractivity contribution in [3.63, 3.8) is 0 Å². The molecule has 0 bridgehead atoms. The molecule has 1 heterocycles. The maximum Gasteiger partial charge on any atom is 0.458 e. The van der Waals surface area contributed by atoms with E-state index in [4.69, 9.17) is 4.65 Å². The summed E-state index contributed by atoms with van der Waals surface area (Å²) in [5.41, 5.74) is 3.85. The van der Waals surface area contributed by atoms with Gasteiger partial charge in [-0.15, -0.1) is 0 Å². The minimum Gasteiger partial charge on any atom is -0.508 e. The number of aliphatic hydroxyl groups is 1. The van der Waals surface area contributed by atoms with Crippen molar-refractivity contribution in [2.45, 2.75) is 38.6 Å². The first-order valence-electron chi connectivity index (χ1n) is 8.34. The summed E-state index contributed by atoms with van der Waals surface area (Å²) < 4.78 is 5.64. The van der Waals surface area contributed by atoms with Gasteiger partial charge in [-0.1, -0.05) is 43.4 Å². The first kappa shape index (κ1) is 18.5. The lowest BCUT2D eigenvalue weighted by Crippen LogP contribution is -2.32. The Bertz CT molecular complexity index is 619. The van der Waals surface area contributed by atoms with E-state index in [1.54, 1.807) is 12.1 Å². The van der Waals surface area contributed by atoms with Gasteiger partial charge in [0.05, 0.1) is 12.7 Å². The van der Waals surface area contributed by atoms with Crippen molar-refractivity contribution in [3.05, 3.63) is 59.2 Å². The van der Waals surface area contributed by atoms with Gasteiger partial charge in [0, 0.05) is 6.32 Å². The zero-order valence-electron chi connectivity index (χ0n) is 14.1. The molecule has 1 aliphatic heterocycles. The molecule has 3 N–H and O–H groups in total. The van der Waals surface area contributed by atoms with Gasteiger partial charge in [-0.3, -0.25) is 0 Å². The van der Waals surface area contributed by atoms with Crippen LogP contribution in [0.5, 0.6) is 5.75 Å². The van der Waals surface area contributed by atoms with Gasteiger partial charge in [-0.2, -0.15) is 0 Å². The number of aliphatic hydroxyl groups excluding tert-OH is 1. The summed E-state index contributed by atoms with van der Waals surface area (Å²) in [5.74, 6) is 0.257. The maximum atomic E-state index is 9.74. The molecular formula is C19H25BO4. The highest BCUT2D eigenvalue weighted by atomic mass is 16.5. The van der Waals surface area contributed by atoms with E-state index in [2.05, 4.69) is 19.6 Å². The fraction of sp³-hybridized carbons (Fsp3) is 0.368. The normalized spacial score (nSPS) is 18.5. The minimum absolute atomic E-state index is 0.105. The van der Waals surface area contributed by atoms with Crippen LogP contribution in [-0.4, -0.2) is 35.1 Å². The smallest absolute Gasteiger partial charge is 0.458 e. The lowest BCUT2D eigenvalue weighted by molar-refractivity contribution is 0.180. The Labute approximate surface area is 143 Å². The summed E-state index contributed by atoms with van der Waals surface area (Å²) >= 11 is 0. The standard InChI is InChI=1S/C19H25BO4/c1-3-15(12-16-4-7-17(22)8-5-16)6-9-19-18(14(2)13-21)10-11-20(23)24-19/h4-5,7-8,10,12,19,21-23H,2-3,6,9,11,13H2,1H3/b15-12+. The summed E-state index contributed by atoms with van der Waals surface area (Å²) in [4.78, 5) is 0. The molecule has 24 heavy (non-hydrogen) atoms. The Hall–Kier alpha value is -1.82. The molecule has 1 atom stereocenters. The van der Waals surface area contributed by atoms with Crippen molar-refractivity contribution >= 4 is 13.2 Å². The quantitative estimate of drug-likeness (QED) is 0.672. The van der Waals surface area contributed by atoms with Crippen LogP contribution in [-0.2, 0) is 4.65 Å². The van der Waals surface area contributed by atoms with E-state index in [0.717, 1.165) is 30.4 Å². The molecule has 5 heteroatoms. The molecule has 0 saturated heterocycles. The van der Waals surface area contributed by atoms with Gasteiger partial charge in [0.15, 0.2) is 0 Å². The lowest BCUT2D eigenvalue weighted by atomic mass is 9.78. The van der Waals surface area contributed by atoms with Gasteiger partial charge in [-0.05, 0) is 48.1 Å². The highest BCUT2D eigenvalue weighted by Crippen LogP contribution is 2.28. The van der Waals surface area contributed by atoms with Crippen LogP contribution in [0.4, 0.5) is 0 Å². The summed E-state index contributed by atoms with van der Waals surface area (Å²) in [5, 5.41) is 28.4. The molecule has 128 valence electrons. The fourth-order valence-corrected chi connectivity index (χ4v) is 2.84. The molecule has 4 nitrogen and oxygen atoms in total. The van der Waals surface area contributed by atoms with E-state index in [9.17, 15) is 15.2 Å². The number of phenols is 1. The van der Waals surface area contributed by atoms with Crippen molar-refractivity contribution in [3.8, 4) is 5.75 Å². The lowest BCUT2D eigenvalue weighted by Gasteiger charge is -2.28. The molecule has 0 saturated carbocycles. The van der Waals surface area contributed by atoms with E-state index in [-0.39, 0.29) is 18.5 Å². The molecule has 0 aromatic heterocycles. The molecule has 1 unspecified atom stereocenters. The van der Waals surface area contributed by atoms with Crippen molar-refractivity contribution in [2.75, 3.05) is 6.61 Å². The molecule has 0 aliphatic carbocycles. The molecule has 0 amide bonds. The number of aromatic hydroxyl groups is 1. The van der Waals surface area contributed by atoms with Crippen LogP contribution in [0.15, 0.2) is 53.6 Å².